The topological polar surface area (TPSA) is 85.2 Å². The maximum absolute atomic E-state index is 12.5. The zero-order chi connectivity index (χ0) is 14.3. The summed E-state index contributed by atoms with van der Waals surface area (Å²) in [6.45, 7) is 1.05. The Morgan fingerprint density at radius 3 is 2.40 bits per heavy atom. The van der Waals surface area contributed by atoms with Crippen LogP contribution in [0.4, 0.5) is 0 Å². The smallest absolute Gasteiger partial charge is 0.249 e. The van der Waals surface area contributed by atoms with E-state index in [1.54, 1.807) is 11.9 Å². The summed E-state index contributed by atoms with van der Waals surface area (Å²) in [5.41, 5.74) is 0. The van der Waals surface area contributed by atoms with Crippen LogP contribution in [0.15, 0.2) is 11.5 Å². The van der Waals surface area contributed by atoms with E-state index < -0.39 is 15.1 Å². The highest BCUT2D eigenvalue weighted by Crippen LogP contribution is 2.32. The van der Waals surface area contributed by atoms with Gasteiger partial charge in [0.25, 0.3) is 0 Å². The summed E-state index contributed by atoms with van der Waals surface area (Å²) in [5.74, 6) is 0.390. The van der Waals surface area contributed by atoms with Crippen LogP contribution in [0.2, 0.25) is 0 Å². The van der Waals surface area contributed by atoms with E-state index in [4.69, 9.17) is 0 Å². The Morgan fingerprint density at radius 1 is 1.25 bits per heavy atom. The summed E-state index contributed by atoms with van der Waals surface area (Å²) in [7, 11) is -1.83. The van der Waals surface area contributed by atoms with Crippen LogP contribution >= 0.6 is 0 Å². The lowest BCUT2D eigenvalue weighted by Crippen LogP contribution is -2.43. The van der Waals surface area contributed by atoms with Gasteiger partial charge in [-0.25, -0.2) is 8.42 Å². The van der Waals surface area contributed by atoms with Gasteiger partial charge in [-0.15, -0.1) is 10.2 Å². The number of hydrogen-bond acceptors (Lipinski definition) is 5. The third-order valence-corrected chi connectivity index (χ3v) is 6.27. The molecule has 1 aliphatic carbocycles. The summed E-state index contributed by atoms with van der Waals surface area (Å²) < 4.78 is 26.4. The van der Waals surface area contributed by atoms with Gasteiger partial charge < -0.3 is 9.47 Å². The Bertz CT molecular complexity index is 612. The fourth-order valence-corrected chi connectivity index (χ4v) is 4.39. The maximum Gasteiger partial charge on any atom is 0.249 e. The predicted octanol–water partition coefficient (Wildman–Crippen LogP) is -0.0102. The van der Waals surface area contributed by atoms with Gasteiger partial charge in [0.15, 0.2) is 0 Å². The van der Waals surface area contributed by atoms with Gasteiger partial charge in [0.05, 0.1) is 5.25 Å². The number of rotatable bonds is 3. The van der Waals surface area contributed by atoms with Crippen molar-refractivity contribution in [1.82, 2.24) is 19.7 Å². The lowest BCUT2D eigenvalue weighted by atomic mass is 10.1. The summed E-state index contributed by atoms with van der Waals surface area (Å²) in [6, 6.07) is 0. The molecule has 1 saturated heterocycles. The molecule has 2 aliphatic rings. The first-order valence-electron chi connectivity index (χ1n) is 6.87. The molecule has 3 rings (SSSR count). The Morgan fingerprint density at radius 2 is 1.90 bits per heavy atom. The molecule has 1 aromatic rings. The van der Waals surface area contributed by atoms with Crippen LogP contribution in [0.5, 0.6) is 0 Å². The number of sulfone groups is 1. The number of aryl methyl sites for hydroxylation is 1. The molecule has 0 spiro atoms. The Hall–Kier alpha value is -1.44. The van der Waals surface area contributed by atoms with Crippen molar-refractivity contribution in [2.24, 2.45) is 13.0 Å². The molecule has 0 N–H and O–H groups in total. The molecule has 8 heteroatoms. The number of amides is 1. The van der Waals surface area contributed by atoms with E-state index in [9.17, 15) is 13.2 Å². The number of aromatic nitrogens is 3. The van der Waals surface area contributed by atoms with Gasteiger partial charge in [-0.2, -0.15) is 0 Å². The Balaban J connectivity index is 1.68. The van der Waals surface area contributed by atoms with Gasteiger partial charge >= 0.3 is 0 Å². The van der Waals surface area contributed by atoms with E-state index in [1.165, 1.54) is 10.9 Å². The van der Waals surface area contributed by atoms with E-state index in [1.807, 2.05) is 0 Å². The third-order valence-electron chi connectivity index (χ3n) is 4.04. The maximum atomic E-state index is 12.5. The SMILES string of the molecule is Cn1cnnc1S(=O)(=O)C1CCN(C(=O)C2CC2)CC1. The molecule has 1 saturated carbocycles. The molecule has 110 valence electrons. The Labute approximate surface area is 117 Å². The molecule has 7 nitrogen and oxygen atoms in total. The van der Waals surface area contributed by atoms with Gasteiger partial charge in [-0.05, 0) is 25.7 Å². The first-order chi connectivity index (χ1) is 9.50. The van der Waals surface area contributed by atoms with Gasteiger partial charge in [-0.3, -0.25) is 4.79 Å². The fourth-order valence-electron chi connectivity index (χ4n) is 2.65. The van der Waals surface area contributed by atoms with Crippen LogP contribution in [-0.2, 0) is 21.7 Å². The highest BCUT2D eigenvalue weighted by atomic mass is 32.2. The van der Waals surface area contributed by atoms with Crippen LogP contribution in [0.3, 0.4) is 0 Å². The largest absolute Gasteiger partial charge is 0.342 e. The summed E-state index contributed by atoms with van der Waals surface area (Å²) in [5, 5.41) is 6.88. The van der Waals surface area contributed by atoms with Gasteiger partial charge in [0.2, 0.25) is 20.9 Å². The predicted molar refractivity (Wildman–Crippen MR) is 70.5 cm³/mol. The van der Waals surface area contributed by atoms with Crippen LogP contribution < -0.4 is 0 Å². The van der Waals surface area contributed by atoms with Crippen molar-refractivity contribution in [1.29, 1.82) is 0 Å². The highest BCUT2D eigenvalue weighted by Gasteiger charge is 2.38. The zero-order valence-electron chi connectivity index (χ0n) is 11.4. The van der Waals surface area contributed by atoms with E-state index in [-0.39, 0.29) is 17.0 Å². The number of piperidine rings is 1. The standard InChI is InChI=1S/C12H18N4O3S/c1-15-8-13-14-12(15)20(18,19)10-4-6-16(7-5-10)11(17)9-2-3-9/h8-10H,2-7H2,1H3. The number of nitrogens with zero attached hydrogens (tertiary/aromatic N) is 4. The average molecular weight is 298 g/mol. The van der Waals surface area contributed by atoms with Crippen LogP contribution in [-0.4, -0.2) is 52.3 Å². The van der Waals surface area contributed by atoms with Crippen LogP contribution in [0.25, 0.3) is 0 Å². The first-order valence-corrected chi connectivity index (χ1v) is 8.41. The summed E-state index contributed by atoms with van der Waals surface area (Å²) in [6.07, 6.45) is 4.31. The molecule has 0 radical (unpaired) electrons. The van der Waals surface area contributed by atoms with Crippen molar-refractivity contribution in [3.63, 3.8) is 0 Å². The van der Waals surface area contributed by atoms with Gasteiger partial charge in [0.1, 0.15) is 6.33 Å². The molecule has 1 aliphatic heterocycles. The molecule has 1 aromatic heterocycles. The number of hydrogen-bond donors (Lipinski definition) is 0. The van der Waals surface area contributed by atoms with Crippen molar-refractivity contribution in [2.75, 3.05) is 13.1 Å². The quantitative estimate of drug-likeness (QED) is 0.783. The van der Waals surface area contributed by atoms with E-state index in [0.717, 1.165) is 12.8 Å². The molecule has 0 unspecified atom stereocenters. The van der Waals surface area contributed by atoms with Gasteiger partial charge in [-0.1, -0.05) is 0 Å². The number of carbonyl (C=O) groups excluding carboxylic acids is 1. The third kappa shape index (κ3) is 2.32. The zero-order valence-corrected chi connectivity index (χ0v) is 12.2. The number of likely N-dealkylation sites (tertiary alicyclic amines) is 1. The number of carbonyl (C=O) groups is 1. The van der Waals surface area contributed by atoms with Crippen molar-refractivity contribution in [3.8, 4) is 0 Å². The molecule has 20 heavy (non-hydrogen) atoms. The molecule has 0 atom stereocenters. The Kier molecular flexibility index (Phi) is 3.27. The first kappa shape index (κ1) is 13.5. The minimum absolute atomic E-state index is 0.0180. The van der Waals surface area contributed by atoms with Crippen molar-refractivity contribution >= 4 is 15.7 Å². The fraction of sp³-hybridized carbons (Fsp3) is 0.750. The second-order valence-corrected chi connectivity index (χ2v) is 7.69. The van der Waals surface area contributed by atoms with E-state index >= 15 is 0 Å². The molecule has 0 aromatic carbocycles. The molecule has 0 bridgehead atoms. The molecule has 2 heterocycles. The van der Waals surface area contributed by atoms with Crippen molar-refractivity contribution in [3.05, 3.63) is 6.33 Å². The van der Waals surface area contributed by atoms with Gasteiger partial charge in [0, 0.05) is 26.1 Å². The lowest BCUT2D eigenvalue weighted by Gasteiger charge is -2.31. The summed E-state index contributed by atoms with van der Waals surface area (Å²) in [4.78, 5) is 13.8. The minimum atomic E-state index is -3.45. The molecular formula is C12H18N4O3S. The molecule has 2 fully saturated rings. The second kappa shape index (κ2) is 4.83. The minimum Gasteiger partial charge on any atom is -0.342 e. The van der Waals surface area contributed by atoms with Crippen LogP contribution in [0, 0.1) is 5.92 Å². The van der Waals surface area contributed by atoms with Crippen molar-refractivity contribution < 1.29 is 13.2 Å². The molecule has 1 amide bonds. The normalized spacial score (nSPS) is 21.1. The highest BCUT2D eigenvalue weighted by molar-refractivity contribution is 7.91. The average Bonchev–Trinajstić information content (AvgIpc) is 3.20. The summed E-state index contributed by atoms with van der Waals surface area (Å²) >= 11 is 0. The lowest BCUT2D eigenvalue weighted by molar-refractivity contribution is -0.133. The molecular weight excluding hydrogens is 280 g/mol. The van der Waals surface area contributed by atoms with Crippen molar-refractivity contribution in [2.45, 2.75) is 36.1 Å². The second-order valence-electron chi connectivity index (χ2n) is 5.57. The van der Waals surface area contributed by atoms with E-state index in [2.05, 4.69) is 10.2 Å². The van der Waals surface area contributed by atoms with Crippen LogP contribution in [0.1, 0.15) is 25.7 Å². The monoisotopic (exact) mass is 298 g/mol. The van der Waals surface area contributed by atoms with E-state index in [0.29, 0.717) is 25.9 Å².